The summed E-state index contributed by atoms with van der Waals surface area (Å²) in [5, 5.41) is 11.9. The second kappa shape index (κ2) is 10.6. The Kier molecular flexibility index (Phi) is 7.11. The van der Waals surface area contributed by atoms with E-state index in [1.165, 1.54) is 6.07 Å². The van der Waals surface area contributed by atoms with Crippen molar-refractivity contribution in [3.63, 3.8) is 0 Å². The molecular formula is C27H23NO7. The summed E-state index contributed by atoms with van der Waals surface area (Å²) in [4.78, 5) is 36.5. The largest absolute Gasteiger partial charge is 0.497 e. The smallest absolute Gasteiger partial charge is 0.326 e. The number of carbonyl (C=O) groups is 3. The molecule has 35 heavy (non-hydrogen) atoms. The number of hydrogen-bond donors (Lipinski definition) is 2. The second-order valence-corrected chi connectivity index (χ2v) is 7.81. The van der Waals surface area contributed by atoms with Crippen LogP contribution >= 0.6 is 0 Å². The van der Waals surface area contributed by atoms with Crippen LogP contribution in [0.1, 0.15) is 21.5 Å². The summed E-state index contributed by atoms with van der Waals surface area (Å²) < 4.78 is 16.4. The third-order valence-corrected chi connectivity index (χ3v) is 5.32. The van der Waals surface area contributed by atoms with E-state index in [4.69, 9.17) is 14.2 Å². The van der Waals surface area contributed by atoms with E-state index in [1.54, 1.807) is 61.7 Å². The topological polar surface area (TPSA) is 111 Å². The average molecular weight is 473 g/mol. The maximum Gasteiger partial charge on any atom is 0.326 e. The van der Waals surface area contributed by atoms with E-state index in [1.807, 2.05) is 18.2 Å². The van der Waals surface area contributed by atoms with Crippen LogP contribution in [0.25, 0.3) is 6.08 Å². The first kappa shape index (κ1) is 23.6. The van der Waals surface area contributed by atoms with Crippen molar-refractivity contribution in [1.82, 2.24) is 5.32 Å². The number of nitrogens with one attached hydrogen (secondary N) is 1. The molecular weight excluding hydrogens is 450 g/mol. The average Bonchev–Trinajstić information content (AvgIpc) is 3.17. The summed E-state index contributed by atoms with van der Waals surface area (Å²) in [6, 6.07) is 19.8. The quantitative estimate of drug-likeness (QED) is 0.458. The number of amides is 1. The fraction of sp³-hybridized carbons (Fsp3) is 0.148. The van der Waals surface area contributed by atoms with Crippen LogP contribution in [0.5, 0.6) is 17.2 Å². The molecule has 0 fully saturated rings. The number of carbonyl (C=O) groups excluding carboxylic acids is 2. The van der Waals surface area contributed by atoms with Crippen molar-refractivity contribution >= 4 is 23.7 Å². The minimum atomic E-state index is -1.14. The van der Waals surface area contributed by atoms with E-state index in [9.17, 15) is 19.5 Å². The third-order valence-electron chi connectivity index (χ3n) is 5.32. The molecule has 0 aliphatic carbocycles. The van der Waals surface area contributed by atoms with Crippen LogP contribution in [0.2, 0.25) is 0 Å². The Bertz CT molecular complexity index is 1280. The number of allylic oxidation sites excluding steroid dienone is 1. The molecule has 1 heterocycles. The molecule has 8 heteroatoms. The van der Waals surface area contributed by atoms with E-state index in [0.717, 1.165) is 11.1 Å². The minimum Gasteiger partial charge on any atom is -0.497 e. The highest BCUT2D eigenvalue weighted by Crippen LogP contribution is 2.35. The van der Waals surface area contributed by atoms with Gasteiger partial charge in [0.1, 0.15) is 23.3 Å². The number of fused-ring (bicyclic) bond motifs is 1. The van der Waals surface area contributed by atoms with Gasteiger partial charge in [-0.3, -0.25) is 9.59 Å². The molecule has 1 amide bonds. The molecule has 0 saturated heterocycles. The monoisotopic (exact) mass is 473 g/mol. The number of ether oxygens (including phenoxy) is 3. The highest BCUT2D eigenvalue weighted by atomic mass is 16.5. The number of hydrogen-bond acceptors (Lipinski definition) is 6. The molecule has 1 aliphatic heterocycles. The number of Topliss-reactive ketones (excluding diaryl/α,β-unsaturated/α-hetero) is 1. The van der Waals surface area contributed by atoms with Crippen LogP contribution in [0.15, 0.2) is 78.6 Å². The first-order valence-electron chi connectivity index (χ1n) is 10.8. The first-order valence-corrected chi connectivity index (χ1v) is 10.8. The highest BCUT2D eigenvalue weighted by molar-refractivity contribution is 6.14. The lowest BCUT2D eigenvalue weighted by Gasteiger charge is -2.15. The minimum absolute atomic E-state index is 0.152. The van der Waals surface area contributed by atoms with Crippen LogP contribution in [-0.2, 0) is 16.0 Å². The summed E-state index contributed by atoms with van der Waals surface area (Å²) in [7, 11) is 1.56. The van der Waals surface area contributed by atoms with Gasteiger partial charge in [-0.1, -0.05) is 42.5 Å². The standard InChI is InChI=1S/C27H23NO7/c1-33-19-9-5-8-18(12-19)14-24-26(30)21-11-10-20(15-23(21)35-24)34-16-25(29)28-22(27(31)32)13-17-6-3-2-4-7-17/h2-12,14-15,22H,13,16H2,1H3,(H,28,29)(H,31,32). The SMILES string of the molecule is COc1cccc(C=C2Oc3cc(OCC(=O)NC(Cc4ccccc4)C(=O)O)ccc3C2=O)c1. The predicted octanol–water partition coefficient (Wildman–Crippen LogP) is 3.50. The van der Waals surface area contributed by atoms with Gasteiger partial charge in [0.15, 0.2) is 12.4 Å². The van der Waals surface area contributed by atoms with Gasteiger partial charge in [0.05, 0.1) is 12.7 Å². The van der Waals surface area contributed by atoms with E-state index in [2.05, 4.69) is 5.32 Å². The lowest BCUT2D eigenvalue weighted by molar-refractivity contribution is -0.142. The molecule has 3 aromatic carbocycles. The molecule has 178 valence electrons. The Morgan fingerprint density at radius 3 is 2.57 bits per heavy atom. The zero-order chi connectivity index (χ0) is 24.8. The van der Waals surface area contributed by atoms with Gasteiger partial charge in [-0.2, -0.15) is 0 Å². The van der Waals surface area contributed by atoms with Crippen molar-refractivity contribution in [2.45, 2.75) is 12.5 Å². The summed E-state index contributed by atoms with van der Waals surface area (Å²) in [6.45, 7) is -0.391. The Labute approximate surface area is 201 Å². The predicted molar refractivity (Wildman–Crippen MR) is 128 cm³/mol. The molecule has 2 N–H and O–H groups in total. The van der Waals surface area contributed by atoms with Crippen molar-refractivity contribution in [3.05, 3.63) is 95.2 Å². The maximum absolute atomic E-state index is 12.7. The van der Waals surface area contributed by atoms with Crippen molar-refractivity contribution in [2.24, 2.45) is 0 Å². The van der Waals surface area contributed by atoms with E-state index in [-0.39, 0.29) is 18.0 Å². The Hall–Kier alpha value is -4.59. The molecule has 0 bridgehead atoms. The molecule has 0 saturated carbocycles. The summed E-state index contributed by atoms with van der Waals surface area (Å²) in [5.74, 6) is -0.541. The van der Waals surface area contributed by atoms with Gasteiger partial charge in [0.25, 0.3) is 5.91 Å². The molecule has 1 atom stereocenters. The van der Waals surface area contributed by atoms with Gasteiger partial charge < -0.3 is 24.6 Å². The molecule has 3 aromatic rings. The zero-order valence-corrected chi connectivity index (χ0v) is 18.9. The summed E-state index contributed by atoms with van der Waals surface area (Å²) in [6.07, 6.45) is 1.77. The number of rotatable bonds is 9. The van der Waals surface area contributed by atoms with Gasteiger partial charge in [-0.25, -0.2) is 4.79 Å². The van der Waals surface area contributed by atoms with Crippen LogP contribution < -0.4 is 19.5 Å². The number of carboxylic acid groups (broad SMARTS) is 1. The van der Waals surface area contributed by atoms with E-state index >= 15 is 0 Å². The molecule has 0 radical (unpaired) electrons. The summed E-state index contributed by atoms with van der Waals surface area (Å²) >= 11 is 0. The van der Waals surface area contributed by atoms with Crippen molar-refractivity contribution in [1.29, 1.82) is 0 Å². The van der Waals surface area contributed by atoms with Gasteiger partial charge >= 0.3 is 5.97 Å². The van der Waals surface area contributed by atoms with Crippen molar-refractivity contribution in [2.75, 3.05) is 13.7 Å². The van der Waals surface area contributed by atoms with E-state index in [0.29, 0.717) is 22.8 Å². The van der Waals surface area contributed by atoms with Crippen LogP contribution in [0.3, 0.4) is 0 Å². The number of carboxylic acids is 1. The first-order chi connectivity index (χ1) is 16.9. The van der Waals surface area contributed by atoms with Crippen LogP contribution in [0, 0.1) is 0 Å². The summed E-state index contributed by atoms with van der Waals surface area (Å²) in [5.41, 5.74) is 1.92. The van der Waals surface area contributed by atoms with Gasteiger partial charge in [0, 0.05) is 12.5 Å². The van der Waals surface area contributed by atoms with Crippen molar-refractivity contribution < 1.29 is 33.7 Å². The van der Waals surface area contributed by atoms with Crippen LogP contribution in [0.4, 0.5) is 0 Å². The van der Waals surface area contributed by atoms with Gasteiger partial charge in [-0.15, -0.1) is 0 Å². The maximum atomic E-state index is 12.7. The zero-order valence-electron chi connectivity index (χ0n) is 18.9. The third kappa shape index (κ3) is 5.86. The molecule has 0 spiro atoms. The Morgan fingerprint density at radius 1 is 1.03 bits per heavy atom. The molecule has 1 aliphatic rings. The Balaban J connectivity index is 1.38. The molecule has 0 aromatic heterocycles. The number of ketones is 1. The second-order valence-electron chi connectivity index (χ2n) is 7.81. The number of methoxy groups -OCH3 is 1. The fourth-order valence-corrected chi connectivity index (χ4v) is 3.57. The lowest BCUT2D eigenvalue weighted by Crippen LogP contribution is -2.44. The van der Waals surface area contributed by atoms with Gasteiger partial charge in [0.2, 0.25) is 5.78 Å². The van der Waals surface area contributed by atoms with E-state index < -0.39 is 24.5 Å². The normalized spacial score (nSPS) is 14.1. The van der Waals surface area contributed by atoms with Crippen LogP contribution in [-0.4, -0.2) is 42.5 Å². The fourth-order valence-electron chi connectivity index (χ4n) is 3.57. The lowest BCUT2D eigenvalue weighted by atomic mass is 10.1. The van der Waals surface area contributed by atoms with Crippen molar-refractivity contribution in [3.8, 4) is 17.2 Å². The van der Waals surface area contributed by atoms with Gasteiger partial charge in [-0.05, 0) is 41.5 Å². The highest BCUT2D eigenvalue weighted by Gasteiger charge is 2.28. The molecule has 4 rings (SSSR count). The number of benzene rings is 3. The molecule has 1 unspecified atom stereocenters. The number of aliphatic carboxylic acids is 1. The Morgan fingerprint density at radius 2 is 1.83 bits per heavy atom. The molecule has 8 nitrogen and oxygen atoms in total.